The Morgan fingerprint density at radius 2 is 2.00 bits per heavy atom. The number of nitrogens with zero attached hydrogens (tertiary/aromatic N) is 4. The van der Waals surface area contributed by atoms with E-state index in [1.807, 2.05) is 20.4 Å². The molecule has 0 aliphatic carbocycles. The maximum Gasteiger partial charge on any atom is 0.167 e. The second kappa shape index (κ2) is 7.03. The molecule has 0 amide bonds. The maximum atomic E-state index is 6.31. The summed E-state index contributed by atoms with van der Waals surface area (Å²) in [7, 11) is 3.80. The summed E-state index contributed by atoms with van der Waals surface area (Å²) in [5.74, 6) is 2.53. The van der Waals surface area contributed by atoms with Gasteiger partial charge in [0.2, 0.25) is 0 Å². The highest BCUT2D eigenvalue weighted by Crippen LogP contribution is 2.41. The fraction of sp³-hybridized carbons (Fsp3) is 0.706. The maximum absolute atomic E-state index is 6.31. The van der Waals surface area contributed by atoms with Gasteiger partial charge in [-0.3, -0.25) is 4.57 Å². The Morgan fingerprint density at radius 1 is 1.21 bits per heavy atom. The van der Waals surface area contributed by atoms with E-state index in [1.165, 1.54) is 0 Å². The summed E-state index contributed by atoms with van der Waals surface area (Å²) in [4.78, 5) is 13.9. The molecule has 3 heterocycles. The summed E-state index contributed by atoms with van der Waals surface area (Å²) < 4.78 is 8.39. The van der Waals surface area contributed by atoms with Gasteiger partial charge in [-0.05, 0) is 19.4 Å². The predicted octanol–water partition coefficient (Wildman–Crippen LogP) is 2.21. The lowest BCUT2D eigenvalue weighted by molar-refractivity contribution is -0.0120. The van der Waals surface area contributed by atoms with Gasteiger partial charge in [-0.15, -0.1) is 0 Å². The van der Waals surface area contributed by atoms with Crippen LogP contribution in [0.4, 0.5) is 5.82 Å². The van der Waals surface area contributed by atoms with Crippen LogP contribution in [0.1, 0.15) is 39.2 Å². The summed E-state index contributed by atoms with van der Waals surface area (Å²) in [5, 5.41) is 6.29. The van der Waals surface area contributed by atoms with Gasteiger partial charge < -0.3 is 15.4 Å². The Bertz CT molecular complexity index is 700. The lowest BCUT2D eigenvalue weighted by Gasteiger charge is -2.18. The van der Waals surface area contributed by atoms with Gasteiger partial charge in [0.25, 0.3) is 0 Å². The van der Waals surface area contributed by atoms with Crippen LogP contribution in [0, 0.1) is 11.8 Å². The van der Waals surface area contributed by atoms with E-state index in [2.05, 4.69) is 45.9 Å². The highest BCUT2D eigenvalue weighted by molar-refractivity contribution is 5.83. The topological polar surface area (TPSA) is 76.9 Å². The Balaban J connectivity index is 2.02. The molecule has 7 heteroatoms. The fourth-order valence-corrected chi connectivity index (χ4v) is 3.48. The SMILES string of the molecule is CCC1OC(n2cnc3c(NC)nc(CCNC)nc32)C(C)C1C. The monoisotopic (exact) mass is 332 g/mol. The van der Waals surface area contributed by atoms with Crippen molar-refractivity contribution in [2.75, 3.05) is 26.0 Å². The summed E-state index contributed by atoms with van der Waals surface area (Å²) in [6.07, 6.45) is 3.91. The van der Waals surface area contributed by atoms with E-state index in [0.29, 0.717) is 11.8 Å². The molecule has 1 saturated heterocycles. The third-order valence-electron chi connectivity index (χ3n) is 5.16. The number of anilines is 1. The summed E-state index contributed by atoms with van der Waals surface area (Å²) >= 11 is 0. The lowest BCUT2D eigenvalue weighted by atomic mass is 9.91. The van der Waals surface area contributed by atoms with E-state index in [9.17, 15) is 0 Å². The van der Waals surface area contributed by atoms with Gasteiger partial charge in [-0.1, -0.05) is 20.8 Å². The zero-order valence-corrected chi connectivity index (χ0v) is 15.2. The highest BCUT2D eigenvalue weighted by Gasteiger charge is 2.39. The Labute approximate surface area is 143 Å². The van der Waals surface area contributed by atoms with Crippen LogP contribution >= 0.6 is 0 Å². The van der Waals surface area contributed by atoms with E-state index >= 15 is 0 Å². The van der Waals surface area contributed by atoms with Crippen molar-refractivity contribution < 1.29 is 4.74 Å². The van der Waals surface area contributed by atoms with Crippen LogP contribution in [0.15, 0.2) is 6.33 Å². The van der Waals surface area contributed by atoms with E-state index < -0.39 is 0 Å². The van der Waals surface area contributed by atoms with Crippen molar-refractivity contribution in [1.29, 1.82) is 0 Å². The van der Waals surface area contributed by atoms with Gasteiger partial charge in [0, 0.05) is 25.9 Å². The molecule has 0 saturated carbocycles. The number of fused-ring (bicyclic) bond motifs is 1. The van der Waals surface area contributed by atoms with Crippen molar-refractivity contribution in [3.05, 3.63) is 12.2 Å². The molecule has 2 N–H and O–H groups in total. The van der Waals surface area contributed by atoms with Crippen LogP contribution < -0.4 is 10.6 Å². The molecule has 4 atom stereocenters. The van der Waals surface area contributed by atoms with Gasteiger partial charge in [0.1, 0.15) is 12.1 Å². The van der Waals surface area contributed by atoms with Crippen molar-refractivity contribution in [1.82, 2.24) is 24.8 Å². The van der Waals surface area contributed by atoms with E-state index in [0.717, 1.165) is 42.2 Å². The number of hydrogen-bond acceptors (Lipinski definition) is 6. The molecular formula is C17H28N6O. The van der Waals surface area contributed by atoms with E-state index in [-0.39, 0.29) is 12.3 Å². The first-order valence-corrected chi connectivity index (χ1v) is 8.81. The standard InChI is InChI=1S/C17H28N6O/c1-6-12-10(2)11(3)17(24-12)23-9-20-14-15(19-5)21-13(7-8-18-4)22-16(14)23/h9-12,17-18H,6-8H2,1-5H3,(H,19,21,22). The molecule has 0 radical (unpaired) electrons. The quantitative estimate of drug-likeness (QED) is 0.844. The van der Waals surface area contributed by atoms with Crippen molar-refractivity contribution in [3.8, 4) is 0 Å². The van der Waals surface area contributed by atoms with Crippen LogP contribution in [-0.4, -0.2) is 46.3 Å². The minimum absolute atomic E-state index is 0.0216. The van der Waals surface area contributed by atoms with Crippen molar-refractivity contribution in [3.63, 3.8) is 0 Å². The van der Waals surface area contributed by atoms with Crippen LogP contribution in [-0.2, 0) is 11.2 Å². The summed E-state index contributed by atoms with van der Waals surface area (Å²) in [6, 6.07) is 0. The van der Waals surface area contributed by atoms with Crippen LogP contribution in [0.25, 0.3) is 11.2 Å². The Kier molecular flexibility index (Phi) is 5.01. The number of likely N-dealkylation sites (N-methyl/N-ethyl adjacent to an activating group) is 1. The molecule has 0 aromatic carbocycles. The average Bonchev–Trinajstić information content (AvgIpc) is 3.14. The number of imidazole rings is 1. The molecule has 1 fully saturated rings. The third-order valence-corrected chi connectivity index (χ3v) is 5.16. The highest BCUT2D eigenvalue weighted by atomic mass is 16.5. The minimum atomic E-state index is -0.0216. The molecule has 1 aliphatic heterocycles. The summed E-state index contributed by atoms with van der Waals surface area (Å²) in [5.41, 5.74) is 1.65. The molecule has 24 heavy (non-hydrogen) atoms. The molecule has 0 spiro atoms. The minimum Gasteiger partial charge on any atom is -0.371 e. The summed E-state index contributed by atoms with van der Waals surface area (Å²) in [6.45, 7) is 7.54. The molecule has 1 aliphatic rings. The Morgan fingerprint density at radius 3 is 2.62 bits per heavy atom. The molecule has 3 rings (SSSR count). The van der Waals surface area contributed by atoms with Gasteiger partial charge >= 0.3 is 0 Å². The first-order chi connectivity index (χ1) is 11.6. The molecule has 2 aromatic rings. The molecule has 4 unspecified atom stereocenters. The lowest BCUT2D eigenvalue weighted by Crippen LogP contribution is -2.17. The molecule has 2 aromatic heterocycles. The number of hydrogen-bond donors (Lipinski definition) is 2. The zero-order valence-electron chi connectivity index (χ0n) is 15.2. The smallest absolute Gasteiger partial charge is 0.167 e. The van der Waals surface area contributed by atoms with Crippen LogP contribution in [0.2, 0.25) is 0 Å². The largest absolute Gasteiger partial charge is 0.371 e. The van der Waals surface area contributed by atoms with Crippen LogP contribution in [0.5, 0.6) is 0 Å². The second-order valence-corrected chi connectivity index (χ2v) is 6.61. The first kappa shape index (κ1) is 17.1. The van der Waals surface area contributed by atoms with Gasteiger partial charge in [-0.2, -0.15) is 0 Å². The molecular weight excluding hydrogens is 304 g/mol. The predicted molar refractivity (Wildman–Crippen MR) is 95.0 cm³/mol. The second-order valence-electron chi connectivity index (χ2n) is 6.61. The van der Waals surface area contributed by atoms with Gasteiger partial charge in [0.15, 0.2) is 17.0 Å². The molecule has 0 bridgehead atoms. The van der Waals surface area contributed by atoms with Crippen molar-refractivity contribution in [2.45, 2.75) is 45.9 Å². The molecule has 7 nitrogen and oxygen atoms in total. The third kappa shape index (κ3) is 2.86. The van der Waals surface area contributed by atoms with E-state index in [1.54, 1.807) is 0 Å². The van der Waals surface area contributed by atoms with Gasteiger partial charge in [-0.25, -0.2) is 15.0 Å². The fourth-order valence-electron chi connectivity index (χ4n) is 3.48. The van der Waals surface area contributed by atoms with Crippen molar-refractivity contribution >= 4 is 17.0 Å². The number of rotatable bonds is 6. The first-order valence-electron chi connectivity index (χ1n) is 8.81. The number of ether oxygens (including phenoxy) is 1. The van der Waals surface area contributed by atoms with Gasteiger partial charge in [0.05, 0.1) is 12.4 Å². The van der Waals surface area contributed by atoms with E-state index in [4.69, 9.17) is 9.72 Å². The van der Waals surface area contributed by atoms with Crippen LogP contribution in [0.3, 0.4) is 0 Å². The Hall–Kier alpha value is -1.73. The molecule has 132 valence electrons. The van der Waals surface area contributed by atoms with Crippen molar-refractivity contribution in [2.24, 2.45) is 11.8 Å². The number of nitrogens with one attached hydrogen (secondary N) is 2. The zero-order chi connectivity index (χ0) is 17.3. The number of aromatic nitrogens is 4. The average molecular weight is 332 g/mol. The normalized spacial score (nSPS) is 27.0.